The molecule has 1 fully saturated rings. The number of aryl methyl sites for hydroxylation is 3. The van der Waals surface area contributed by atoms with E-state index in [0.717, 1.165) is 36.3 Å². The summed E-state index contributed by atoms with van der Waals surface area (Å²) in [6.07, 6.45) is 6.42. The molecule has 0 bridgehead atoms. The molecule has 0 aliphatic carbocycles. The van der Waals surface area contributed by atoms with Crippen LogP contribution in [0.2, 0.25) is 0 Å². The van der Waals surface area contributed by atoms with Crippen molar-refractivity contribution >= 4 is 22.3 Å². The molecule has 0 radical (unpaired) electrons. The number of aromatic nitrogens is 4. The molecule has 1 saturated heterocycles. The monoisotopic (exact) mass is 382 g/mol. The molecule has 0 aromatic carbocycles. The molecule has 0 amide bonds. The second kappa shape index (κ2) is 7.78. The third-order valence-electron chi connectivity index (χ3n) is 5.06. The van der Waals surface area contributed by atoms with Gasteiger partial charge in [0.2, 0.25) is 0 Å². The fraction of sp³-hybridized carbons (Fsp3) is 0.450. The van der Waals surface area contributed by atoms with E-state index < -0.39 is 0 Å². The highest BCUT2D eigenvalue weighted by atomic mass is 32.1. The number of thiazole rings is 1. The highest BCUT2D eigenvalue weighted by molar-refractivity contribution is 7.15. The lowest BCUT2D eigenvalue weighted by Gasteiger charge is -2.32. The van der Waals surface area contributed by atoms with Gasteiger partial charge in [-0.3, -0.25) is 9.58 Å². The van der Waals surface area contributed by atoms with Gasteiger partial charge in [0.1, 0.15) is 5.82 Å². The van der Waals surface area contributed by atoms with E-state index in [0.29, 0.717) is 5.92 Å². The van der Waals surface area contributed by atoms with E-state index in [1.807, 2.05) is 24.0 Å². The molecule has 1 unspecified atom stereocenters. The quantitative estimate of drug-likeness (QED) is 0.722. The Hall–Kier alpha value is -2.25. The average Bonchev–Trinajstić information content (AvgIpc) is 3.20. The van der Waals surface area contributed by atoms with Gasteiger partial charge in [-0.1, -0.05) is 6.07 Å². The summed E-state index contributed by atoms with van der Waals surface area (Å²) >= 11 is 1.65. The number of anilines is 2. The van der Waals surface area contributed by atoms with E-state index in [4.69, 9.17) is 4.98 Å². The van der Waals surface area contributed by atoms with E-state index in [2.05, 4.69) is 52.5 Å². The standard InChI is InChI=1S/C20H26N6S/c1-14-10-21-20(27-14)23-19-8-4-7-18(22-19)16-6-5-9-26(12-16)13-17-11-25(3)24-15(17)2/h4,7-8,10-11,16H,5-6,9,12-13H2,1-3H3,(H,21,22,23). The Morgan fingerprint density at radius 2 is 2.19 bits per heavy atom. The van der Waals surface area contributed by atoms with Gasteiger partial charge in [0.05, 0.1) is 5.69 Å². The predicted octanol–water partition coefficient (Wildman–Crippen LogP) is 4.01. The van der Waals surface area contributed by atoms with E-state index in [9.17, 15) is 0 Å². The minimum absolute atomic E-state index is 0.468. The molecule has 1 N–H and O–H groups in total. The average molecular weight is 383 g/mol. The van der Waals surface area contributed by atoms with Gasteiger partial charge in [-0.15, -0.1) is 11.3 Å². The van der Waals surface area contributed by atoms with Gasteiger partial charge in [-0.05, 0) is 45.4 Å². The van der Waals surface area contributed by atoms with Crippen molar-refractivity contribution in [3.8, 4) is 0 Å². The Morgan fingerprint density at radius 3 is 2.93 bits per heavy atom. The van der Waals surface area contributed by atoms with E-state index >= 15 is 0 Å². The summed E-state index contributed by atoms with van der Waals surface area (Å²) in [4.78, 5) is 13.0. The molecule has 1 atom stereocenters. The first-order chi connectivity index (χ1) is 13.1. The van der Waals surface area contributed by atoms with Crippen LogP contribution in [0, 0.1) is 13.8 Å². The van der Waals surface area contributed by atoms with Crippen molar-refractivity contribution in [1.29, 1.82) is 0 Å². The second-order valence-corrected chi connectivity index (χ2v) is 8.57. The molecule has 1 aliphatic rings. The third kappa shape index (κ3) is 4.36. The molecule has 7 heteroatoms. The summed E-state index contributed by atoms with van der Waals surface area (Å²) in [5.74, 6) is 1.34. The number of nitrogens with zero attached hydrogens (tertiary/aromatic N) is 5. The van der Waals surface area contributed by atoms with Gasteiger partial charge in [0, 0.05) is 54.6 Å². The highest BCUT2D eigenvalue weighted by Crippen LogP contribution is 2.28. The zero-order valence-electron chi connectivity index (χ0n) is 16.1. The highest BCUT2D eigenvalue weighted by Gasteiger charge is 2.23. The first-order valence-electron chi connectivity index (χ1n) is 9.45. The summed E-state index contributed by atoms with van der Waals surface area (Å²) < 4.78 is 1.91. The van der Waals surface area contributed by atoms with E-state index in [-0.39, 0.29) is 0 Å². The molecule has 0 saturated carbocycles. The van der Waals surface area contributed by atoms with Crippen molar-refractivity contribution in [1.82, 2.24) is 24.6 Å². The first kappa shape index (κ1) is 18.1. The van der Waals surface area contributed by atoms with Crippen molar-refractivity contribution in [3.05, 3.63) is 52.4 Å². The number of likely N-dealkylation sites (tertiary alicyclic amines) is 1. The van der Waals surface area contributed by atoms with Gasteiger partial charge in [0.25, 0.3) is 0 Å². The van der Waals surface area contributed by atoms with Crippen LogP contribution in [-0.2, 0) is 13.6 Å². The normalized spacial score (nSPS) is 18.0. The fourth-order valence-electron chi connectivity index (χ4n) is 3.76. The lowest BCUT2D eigenvalue weighted by atomic mass is 9.94. The SMILES string of the molecule is Cc1cnc(Nc2cccc(C3CCCN(Cc4cn(C)nc4C)C3)n2)s1. The molecule has 6 nitrogen and oxygen atoms in total. The molecule has 0 spiro atoms. The number of nitrogens with one attached hydrogen (secondary N) is 1. The van der Waals surface area contributed by atoms with Crippen LogP contribution < -0.4 is 5.32 Å². The number of hydrogen-bond donors (Lipinski definition) is 1. The number of piperidine rings is 1. The number of hydrogen-bond acceptors (Lipinski definition) is 6. The molecule has 1 aliphatic heterocycles. The van der Waals surface area contributed by atoms with Crippen LogP contribution >= 0.6 is 11.3 Å². The summed E-state index contributed by atoms with van der Waals surface area (Å²) in [6, 6.07) is 6.26. The topological polar surface area (TPSA) is 58.9 Å². The molecule has 3 aromatic rings. The summed E-state index contributed by atoms with van der Waals surface area (Å²) in [5, 5.41) is 8.71. The van der Waals surface area contributed by atoms with Gasteiger partial charge >= 0.3 is 0 Å². The Morgan fingerprint density at radius 1 is 1.30 bits per heavy atom. The van der Waals surface area contributed by atoms with Crippen molar-refractivity contribution in [2.45, 2.75) is 39.2 Å². The number of pyridine rings is 1. The molecule has 4 heterocycles. The van der Waals surface area contributed by atoms with Crippen LogP contribution in [-0.4, -0.2) is 37.7 Å². The van der Waals surface area contributed by atoms with Crippen LogP contribution in [0.5, 0.6) is 0 Å². The van der Waals surface area contributed by atoms with Crippen LogP contribution in [0.3, 0.4) is 0 Å². The Labute approximate surface area is 164 Å². The predicted molar refractivity (Wildman–Crippen MR) is 110 cm³/mol. The van der Waals surface area contributed by atoms with Crippen molar-refractivity contribution < 1.29 is 0 Å². The van der Waals surface area contributed by atoms with Crippen LogP contribution in [0.1, 0.15) is 40.6 Å². The van der Waals surface area contributed by atoms with Gasteiger partial charge < -0.3 is 5.32 Å². The minimum atomic E-state index is 0.468. The lowest BCUT2D eigenvalue weighted by molar-refractivity contribution is 0.198. The number of rotatable bonds is 5. The molecule has 27 heavy (non-hydrogen) atoms. The maximum atomic E-state index is 4.88. The first-order valence-corrected chi connectivity index (χ1v) is 10.3. The summed E-state index contributed by atoms with van der Waals surface area (Å²) in [5.41, 5.74) is 3.62. The van der Waals surface area contributed by atoms with E-state index in [1.54, 1.807) is 11.3 Å². The Balaban J connectivity index is 1.44. The second-order valence-electron chi connectivity index (χ2n) is 7.34. The van der Waals surface area contributed by atoms with Gasteiger partial charge in [-0.25, -0.2) is 9.97 Å². The molecule has 4 rings (SSSR count). The maximum absolute atomic E-state index is 4.88. The largest absolute Gasteiger partial charge is 0.316 e. The fourth-order valence-corrected chi connectivity index (χ4v) is 4.43. The van der Waals surface area contributed by atoms with Crippen molar-refractivity contribution in [3.63, 3.8) is 0 Å². The van der Waals surface area contributed by atoms with Crippen LogP contribution in [0.25, 0.3) is 0 Å². The molecular weight excluding hydrogens is 356 g/mol. The zero-order valence-corrected chi connectivity index (χ0v) is 17.0. The molecule has 3 aromatic heterocycles. The smallest absolute Gasteiger partial charge is 0.188 e. The summed E-state index contributed by atoms with van der Waals surface area (Å²) in [7, 11) is 1.99. The van der Waals surface area contributed by atoms with Gasteiger partial charge in [0.15, 0.2) is 5.13 Å². The lowest BCUT2D eigenvalue weighted by Crippen LogP contribution is -2.34. The van der Waals surface area contributed by atoms with Crippen molar-refractivity contribution in [2.75, 3.05) is 18.4 Å². The third-order valence-corrected chi connectivity index (χ3v) is 5.89. The Bertz CT molecular complexity index is 915. The summed E-state index contributed by atoms with van der Waals surface area (Å²) in [6.45, 7) is 7.30. The Kier molecular flexibility index (Phi) is 5.22. The van der Waals surface area contributed by atoms with E-state index in [1.165, 1.54) is 29.0 Å². The van der Waals surface area contributed by atoms with Gasteiger partial charge in [-0.2, -0.15) is 5.10 Å². The minimum Gasteiger partial charge on any atom is -0.316 e. The molecular formula is C20H26N6S. The maximum Gasteiger partial charge on any atom is 0.188 e. The zero-order chi connectivity index (χ0) is 18.8. The van der Waals surface area contributed by atoms with Crippen molar-refractivity contribution in [2.24, 2.45) is 7.05 Å². The van der Waals surface area contributed by atoms with Crippen LogP contribution in [0.15, 0.2) is 30.6 Å². The molecule has 142 valence electrons. The van der Waals surface area contributed by atoms with Crippen LogP contribution in [0.4, 0.5) is 10.9 Å².